The summed E-state index contributed by atoms with van der Waals surface area (Å²) in [6.45, 7) is 8.23. The van der Waals surface area contributed by atoms with Crippen LogP contribution in [-0.2, 0) is 9.53 Å². The number of amides is 3. The molecule has 0 aliphatic carbocycles. The van der Waals surface area contributed by atoms with Crippen molar-refractivity contribution in [2.45, 2.75) is 26.8 Å². The minimum absolute atomic E-state index is 0.183. The van der Waals surface area contributed by atoms with Crippen molar-refractivity contribution in [2.24, 2.45) is 5.92 Å². The predicted octanol–water partition coefficient (Wildman–Crippen LogP) is 1.50. The van der Waals surface area contributed by atoms with Crippen LogP contribution < -0.4 is 21.1 Å². The van der Waals surface area contributed by atoms with Crippen molar-refractivity contribution >= 4 is 34.2 Å². The molecule has 2 heterocycles. The second-order valence-electron chi connectivity index (χ2n) is 7.62. The van der Waals surface area contributed by atoms with E-state index in [1.54, 1.807) is 23.6 Å². The molecule has 1 aliphatic rings. The molecule has 1 fully saturated rings. The summed E-state index contributed by atoms with van der Waals surface area (Å²) < 4.78 is 5.32. The zero-order valence-corrected chi connectivity index (χ0v) is 18.6. The van der Waals surface area contributed by atoms with Gasteiger partial charge in [-0.1, -0.05) is 31.5 Å². The maximum Gasteiger partial charge on any atom is 0.289 e. The molecule has 1 atom stereocenters. The first-order valence-electron chi connectivity index (χ1n) is 10.1. The van der Waals surface area contributed by atoms with E-state index >= 15 is 0 Å². The summed E-state index contributed by atoms with van der Waals surface area (Å²) in [5, 5.41) is 5.12. The highest BCUT2D eigenvalue weighted by atomic mass is 32.1. The number of aromatic nitrogens is 1. The third-order valence-electron chi connectivity index (χ3n) is 4.82. The first-order valence-corrected chi connectivity index (χ1v) is 11.0. The topological polar surface area (TPSA) is 113 Å². The van der Waals surface area contributed by atoms with Crippen molar-refractivity contribution in [3.05, 3.63) is 46.5 Å². The fourth-order valence-corrected chi connectivity index (χ4v) is 3.93. The molecule has 166 valence electrons. The fourth-order valence-electron chi connectivity index (χ4n) is 3.07. The number of aryl methyl sites for hydroxylation is 1. The lowest BCUT2D eigenvalue weighted by atomic mass is 10.0. The number of hydrogen-bond donors (Lipinski definition) is 3. The smallest absolute Gasteiger partial charge is 0.289 e. The zero-order chi connectivity index (χ0) is 22.4. The van der Waals surface area contributed by atoms with E-state index in [0.29, 0.717) is 18.8 Å². The monoisotopic (exact) mass is 445 g/mol. The van der Waals surface area contributed by atoms with Crippen LogP contribution in [0.25, 0.3) is 0 Å². The van der Waals surface area contributed by atoms with Gasteiger partial charge in [-0.05, 0) is 25.0 Å². The summed E-state index contributed by atoms with van der Waals surface area (Å²) in [4.78, 5) is 44.0. The summed E-state index contributed by atoms with van der Waals surface area (Å²) in [6, 6.07) is 6.30. The number of anilines is 1. The molecule has 3 N–H and O–H groups in total. The molecule has 1 aromatic carbocycles. The van der Waals surface area contributed by atoms with Gasteiger partial charge in [-0.15, -0.1) is 11.3 Å². The molecule has 31 heavy (non-hydrogen) atoms. The zero-order valence-electron chi connectivity index (χ0n) is 17.8. The highest BCUT2D eigenvalue weighted by molar-refractivity contribution is 7.13. The fraction of sp³-hybridized carbons (Fsp3) is 0.429. The van der Waals surface area contributed by atoms with Crippen molar-refractivity contribution in [1.29, 1.82) is 0 Å². The number of benzene rings is 1. The molecular formula is C21H27N5O4S. The first kappa shape index (κ1) is 22.7. The van der Waals surface area contributed by atoms with Gasteiger partial charge in [0.15, 0.2) is 5.13 Å². The van der Waals surface area contributed by atoms with Crippen LogP contribution >= 0.6 is 11.3 Å². The molecule has 0 saturated carbocycles. The minimum Gasteiger partial charge on any atom is -0.378 e. The number of carbonyl (C=O) groups excluding carboxylic acids is 3. The van der Waals surface area contributed by atoms with Crippen molar-refractivity contribution < 1.29 is 19.1 Å². The Bertz CT molecular complexity index is 939. The average molecular weight is 446 g/mol. The third kappa shape index (κ3) is 6.02. The van der Waals surface area contributed by atoms with Crippen molar-refractivity contribution in [3.8, 4) is 0 Å². The van der Waals surface area contributed by atoms with Crippen LogP contribution in [0.4, 0.5) is 5.13 Å². The largest absolute Gasteiger partial charge is 0.378 e. The van der Waals surface area contributed by atoms with Gasteiger partial charge in [-0.3, -0.25) is 25.2 Å². The SMILES string of the molecule is Cc1cccc(C(=O)N[C@H](C(=O)NNC(=O)c2csc(N3CCOCC3)n2)C(C)C)c1. The third-order valence-corrected chi connectivity index (χ3v) is 5.72. The van der Waals surface area contributed by atoms with E-state index < -0.39 is 17.9 Å². The van der Waals surface area contributed by atoms with Gasteiger partial charge in [-0.25, -0.2) is 4.98 Å². The molecule has 0 radical (unpaired) electrons. The molecule has 0 bridgehead atoms. The van der Waals surface area contributed by atoms with Crippen LogP contribution in [0.15, 0.2) is 29.6 Å². The molecule has 2 aromatic rings. The number of hydrogen-bond acceptors (Lipinski definition) is 7. The Morgan fingerprint density at radius 1 is 1.13 bits per heavy atom. The van der Waals surface area contributed by atoms with Gasteiger partial charge in [0.2, 0.25) is 0 Å². The van der Waals surface area contributed by atoms with Gasteiger partial charge in [0.1, 0.15) is 11.7 Å². The molecule has 1 aromatic heterocycles. The Morgan fingerprint density at radius 2 is 1.87 bits per heavy atom. The van der Waals surface area contributed by atoms with Crippen LogP contribution in [-0.4, -0.2) is 55.1 Å². The lowest BCUT2D eigenvalue weighted by molar-refractivity contribution is -0.124. The maximum atomic E-state index is 12.6. The number of ether oxygens (including phenoxy) is 1. The van der Waals surface area contributed by atoms with Crippen LogP contribution in [0.2, 0.25) is 0 Å². The molecule has 0 spiro atoms. The molecule has 3 amide bonds. The predicted molar refractivity (Wildman–Crippen MR) is 118 cm³/mol. The Kier molecular flexibility index (Phi) is 7.59. The lowest BCUT2D eigenvalue weighted by Gasteiger charge is -2.25. The van der Waals surface area contributed by atoms with Gasteiger partial charge < -0.3 is 15.0 Å². The van der Waals surface area contributed by atoms with E-state index in [1.807, 2.05) is 26.8 Å². The Hall–Kier alpha value is -2.98. The molecular weight excluding hydrogens is 418 g/mol. The standard InChI is InChI=1S/C21H27N5O4S/c1-13(2)17(23-18(27)15-6-4-5-14(3)11-15)20(29)25-24-19(28)16-12-31-21(22-16)26-7-9-30-10-8-26/h4-6,11-13,17H,7-10H2,1-3H3,(H,23,27)(H,24,28)(H,25,29)/t17-/m0/s1. The summed E-state index contributed by atoms with van der Waals surface area (Å²) in [5.74, 6) is -1.55. The van der Waals surface area contributed by atoms with E-state index in [2.05, 4.69) is 26.1 Å². The van der Waals surface area contributed by atoms with Gasteiger partial charge in [-0.2, -0.15) is 0 Å². The number of carbonyl (C=O) groups is 3. The van der Waals surface area contributed by atoms with Gasteiger partial charge in [0, 0.05) is 24.0 Å². The van der Waals surface area contributed by atoms with Crippen LogP contribution in [0.5, 0.6) is 0 Å². The second-order valence-corrected chi connectivity index (χ2v) is 8.46. The Morgan fingerprint density at radius 3 is 2.55 bits per heavy atom. The average Bonchev–Trinajstić information content (AvgIpc) is 3.26. The van der Waals surface area contributed by atoms with E-state index in [9.17, 15) is 14.4 Å². The normalized spacial score (nSPS) is 14.8. The molecule has 1 aliphatic heterocycles. The summed E-state index contributed by atoms with van der Waals surface area (Å²) in [5.41, 5.74) is 6.42. The van der Waals surface area contributed by atoms with E-state index in [4.69, 9.17) is 4.74 Å². The van der Waals surface area contributed by atoms with E-state index in [0.717, 1.165) is 23.8 Å². The molecule has 9 nitrogen and oxygen atoms in total. The van der Waals surface area contributed by atoms with Gasteiger partial charge in [0.05, 0.1) is 13.2 Å². The van der Waals surface area contributed by atoms with Crippen molar-refractivity contribution in [3.63, 3.8) is 0 Å². The Balaban J connectivity index is 1.56. The van der Waals surface area contributed by atoms with Crippen LogP contribution in [0, 0.1) is 12.8 Å². The van der Waals surface area contributed by atoms with E-state index in [-0.39, 0.29) is 17.5 Å². The van der Waals surface area contributed by atoms with Gasteiger partial charge >= 0.3 is 0 Å². The van der Waals surface area contributed by atoms with Crippen molar-refractivity contribution in [2.75, 3.05) is 31.2 Å². The van der Waals surface area contributed by atoms with Gasteiger partial charge in [0.25, 0.3) is 17.7 Å². The Labute approximate surface area is 185 Å². The van der Waals surface area contributed by atoms with Crippen LogP contribution in [0.1, 0.15) is 40.3 Å². The highest BCUT2D eigenvalue weighted by Gasteiger charge is 2.26. The lowest BCUT2D eigenvalue weighted by Crippen LogP contribution is -2.54. The number of thiazole rings is 1. The summed E-state index contributed by atoms with van der Waals surface area (Å²) in [6.07, 6.45) is 0. The number of nitrogens with one attached hydrogen (secondary N) is 3. The molecule has 3 rings (SSSR count). The highest BCUT2D eigenvalue weighted by Crippen LogP contribution is 2.21. The first-order chi connectivity index (χ1) is 14.8. The molecule has 1 saturated heterocycles. The quantitative estimate of drug-likeness (QED) is 0.581. The number of hydrazine groups is 1. The number of rotatable bonds is 6. The minimum atomic E-state index is -0.812. The molecule has 0 unspecified atom stereocenters. The second kappa shape index (κ2) is 10.4. The maximum absolute atomic E-state index is 12.6. The van der Waals surface area contributed by atoms with Crippen LogP contribution in [0.3, 0.4) is 0 Å². The van der Waals surface area contributed by atoms with Crippen molar-refractivity contribution in [1.82, 2.24) is 21.2 Å². The number of nitrogens with zero attached hydrogens (tertiary/aromatic N) is 2. The molecule has 10 heteroatoms. The summed E-state index contributed by atoms with van der Waals surface area (Å²) in [7, 11) is 0. The summed E-state index contributed by atoms with van der Waals surface area (Å²) >= 11 is 1.37. The van der Waals surface area contributed by atoms with E-state index in [1.165, 1.54) is 11.3 Å². The number of morpholine rings is 1.